The van der Waals surface area contributed by atoms with Crippen LogP contribution in [-0.2, 0) is 0 Å². The van der Waals surface area contributed by atoms with Crippen molar-refractivity contribution >= 4 is 27.8 Å². The van der Waals surface area contributed by atoms with Crippen LogP contribution in [0.15, 0.2) is 53.9 Å². The molecule has 0 bridgehead atoms. The average molecular weight is 341 g/mol. The molecule has 4 aromatic rings. The van der Waals surface area contributed by atoms with Crippen molar-refractivity contribution in [2.45, 2.75) is 6.92 Å². The van der Waals surface area contributed by atoms with Gasteiger partial charge in [-0.25, -0.2) is 13.8 Å². The largest absolute Gasteiger partial charge is 0.339 e. The quantitative estimate of drug-likeness (QED) is 0.541. The molecule has 24 heavy (non-hydrogen) atoms. The van der Waals surface area contributed by atoms with Crippen LogP contribution < -0.4 is 5.32 Å². The van der Waals surface area contributed by atoms with Gasteiger partial charge < -0.3 is 5.32 Å². The van der Waals surface area contributed by atoms with Gasteiger partial charge in [-0.2, -0.15) is 0 Å². The lowest BCUT2D eigenvalue weighted by Gasteiger charge is -2.09. The van der Waals surface area contributed by atoms with Gasteiger partial charge in [-0.1, -0.05) is 12.1 Å². The van der Waals surface area contributed by atoms with Crippen molar-refractivity contribution in [3.05, 3.63) is 71.2 Å². The van der Waals surface area contributed by atoms with Gasteiger partial charge in [-0.15, -0.1) is 11.3 Å². The molecule has 2 aromatic carbocycles. The van der Waals surface area contributed by atoms with Crippen molar-refractivity contribution < 1.29 is 8.78 Å². The third-order valence-corrected chi connectivity index (χ3v) is 4.71. The minimum Gasteiger partial charge on any atom is -0.339 e. The summed E-state index contributed by atoms with van der Waals surface area (Å²) in [6.07, 6.45) is 0. The van der Waals surface area contributed by atoms with Crippen LogP contribution in [0, 0.1) is 18.6 Å². The molecular formula is C18H13F2N3S. The number of benzene rings is 2. The molecule has 0 amide bonds. The Morgan fingerprint density at radius 2 is 1.79 bits per heavy atom. The van der Waals surface area contributed by atoms with Gasteiger partial charge in [-0.05, 0) is 43.3 Å². The molecule has 4 rings (SSSR count). The number of hydrogen-bond donors (Lipinski definition) is 1. The maximum Gasteiger partial charge on any atom is 0.196 e. The molecule has 0 radical (unpaired) electrons. The smallest absolute Gasteiger partial charge is 0.196 e. The highest BCUT2D eigenvalue weighted by Crippen LogP contribution is 2.35. The molecule has 0 saturated heterocycles. The lowest BCUT2D eigenvalue weighted by atomic mass is 10.1. The van der Waals surface area contributed by atoms with Gasteiger partial charge in [0.15, 0.2) is 4.96 Å². The summed E-state index contributed by atoms with van der Waals surface area (Å²) in [7, 11) is 0. The van der Waals surface area contributed by atoms with E-state index in [0.717, 1.165) is 10.7 Å². The van der Waals surface area contributed by atoms with Crippen LogP contribution >= 0.6 is 11.3 Å². The van der Waals surface area contributed by atoms with Crippen molar-refractivity contribution in [3.63, 3.8) is 0 Å². The van der Waals surface area contributed by atoms with Gasteiger partial charge in [0.05, 0.1) is 0 Å². The molecule has 0 unspecified atom stereocenters. The number of thiazole rings is 1. The van der Waals surface area contributed by atoms with E-state index in [-0.39, 0.29) is 11.6 Å². The van der Waals surface area contributed by atoms with Crippen molar-refractivity contribution in [1.29, 1.82) is 0 Å². The molecule has 1 N–H and O–H groups in total. The molecule has 0 saturated carbocycles. The van der Waals surface area contributed by atoms with Crippen LogP contribution in [-0.4, -0.2) is 9.38 Å². The van der Waals surface area contributed by atoms with E-state index in [1.165, 1.54) is 29.5 Å². The molecule has 0 aliphatic carbocycles. The minimum atomic E-state index is -0.330. The zero-order valence-corrected chi connectivity index (χ0v) is 13.6. The monoisotopic (exact) mass is 341 g/mol. The Morgan fingerprint density at radius 1 is 1.04 bits per heavy atom. The molecule has 6 heteroatoms. The first-order valence-corrected chi connectivity index (χ1v) is 8.25. The van der Waals surface area contributed by atoms with Gasteiger partial charge in [0.1, 0.15) is 23.1 Å². The van der Waals surface area contributed by atoms with Crippen molar-refractivity contribution in [1.82, 2.24) is 9.38 Å². The second kappa shape index (κ2) is 5.72. The SMILES string of the molecule is Cc1csc2nc(-c3ccccc3F)c(Nc3ccc(F)cc3)n12. The van der Waals surface area contributed by atoms with Gasteiger partial charge in [0.25, 0.3) is 0 Å². The van der Waals surface area contributed by atoms with Gasteiger partial charge in [-0.3, -0.25) is 4.40 Å². The second-order valence-electron chi connectivity index (χ2n) is 5.42. The van der Waals surface area contributed by atoms with E-state index in [4.69, 9.17) is 0 Å². The molecule has 0 fully saturated rings. The van der Waals surface area contributed by atoms with Crippen molar-refractivity contribution in [3.8, 4) is 11.3 Å². The molecule has 2 aromatic heterocycles. The average Bonchev–Trinajstić information content (AvgIpc) is 3.11. The minimum absolute atomic E-state index is 0.306. The number of aryl methyl sites for hydroxylation is 1. The summed E-state index contributed by atoms with van der Waals surface area (Å²) in [6, 6.07) is 12.6. The summed E-state index contributed by atoms with van der Waals surface area (Å²) < 4.78 is 29.3. The molecular weight excluding hydrogens is 328 g/mol. The number of rotatable bonds is 3. The van der Waals surface area contributed by atoms with Crippen LogP contribution in [0.4, 0.5) is 20.3 Å². The Kier molecular flexibility index (Phi) is 3.54. The number of nitrogens with zero attached hydrogens (tertiary/aromatic N) is 2. The number of imidazole rings is 1. The Bertz CT molecular complexity index is 1020. The molecule has 0 spiro atoms. The van der Waals surface area contributed by atoms with Crippen LogP contribution in [0.3, 0.4) is 0 Å². The maximum atomic E-state index is 14.3. The topological polar surface area (TPSA) is 29.3 Å². The van der Waals surface area contributed by atoms with E-state index in [0.29, 0.717) is 22.8 Å². The molecule has 120 valence electrons. The lowest BCUT2D eigenvalue weighted by Crippen LogP contribution is -1.98. The fourth-order valence-corrected chi connectivity index (χ4v) is 3.49. The molecule has 0 aliphatic rings. The summed E-state index contributed by atoms with van der Waals surface area (Å²) in [5.41, 5.74) is 2.67. The zero-order chi connectivity index (χ0) is 16.7. The van der Waals surface area contributed by atoms with E-state index in [1.54, 1.807) is 30.3 Å². The number of halogens is 2. The predicted octanol–water partition coefficient (Wildman–Crippen LogP) is 5.39. The fourth-order valence-electron chi connectivity index (χ4n) is 2.62. The summed E-state index contributed by atoms with van der Waals surface area (Å²) in [5, 5.41) is 5.24. The summed E-state index contributed by atoms with van der Waals surface area (Å²) in [6.45, 7) is 1.96. The van der Waals surface area contributed by atoms with Crippen LogP contribution in [0.2, 0.25) is 0 Å². The standard InChI is InChI=1S/C18H13F2N3S/c1-11-10-24-18-22-16(14-4-2-3-5-15(14)20)17(23(11)18)21-13-8-6-12(19)7-9-13/h2-10,21H,1H3. The van der Waals surface area contributed by atoms with Crippen LogP contribution in [0.5, 0.6) is 0 Å². The number of hydrogen-bond acceptors (Lipinski definition) is 3. The number of nitrogens with one attached hydrogen (secondary N) is 1. The third-order valence-electron chi connectivity index (χ3n) is 3.77. The van der Waals surface area contributed by atoms with Gasteiger partial charge >= 0.3 is 0 Å². The molecule has 0 aliphatic heterocycles. The zero-order valence-electron chi connectivity index (χ0n) is 12.8. The number of aromatic nitrogens is 2. The summed E-state index contributed by atoms with van der Waals surface area (Å²) in [5.74, 6) is 0.0311. The summed E-state index contributed by atoms with van der Waals surface area (Å²) in [4.78, 5) is 5.36. The normalized spacial score (nSPS) is 11.1. The summed E-state index contributed by atoms with van der Waals surface area (Å²) >= 11 is 1.49. The number of anilines is 2. The second-order valence-corrected chi connectivity index (χ2v) is 6.25. The van der Waals surface area contributed by atoms with Crippen LogP contribution in [0.25, 0.3) is 16.2 Å². The van der Waals surface area contributed by atoms with E-state index < -0.39 is 0 Å². The first kappa shape index (κ1) is 14.8. The van der Waals surface area contributed by atoms with Gasteiger partial charge in [0.2, 0.25) is 0 Å². The van der Waals surface area contributed by atoms with E-state index >= 15 is 0 Å². The first-order valence-electron chi connectivity index (χ1n) is 7.37. The molecule has 3 nitrogen and oxygen atoms in total. The Morgan fingerprint density at radius 3 is 2.54 bits per heavy atom. The first-order chi connectivity index (χ1) is 11.6. The molecule has 0 atom stereocenters. The van der Waals surface area contributed by atoms with E-state index in [9.17, 15) is 8.78 Å². The molecule has 2 heterocycles. The highest BCUT2D eigenvalue weighted by Gasteiger charge is 2.19. The van der Waals surface area contributed by atoms with E-state index in [1.807, 2.05) is 16.7 Å². The van der Waals surface area contributed by atoms with Crippen molar-refractivity contribution in [2.24, 2.45) is 0 Å². The Labute approximate surface area is 141 Å². The third kappa shape index (κ3) is 2.45. The fraction of sp³-hybridized carbons (Fsp3) is 0.0556. The Balaban J connectivity index is 1.91. The highest BCUT2D eigenvalue weighted by molar-refractivity contribution is 7.15. The number of fused-ring (bicyclic) bond motifs is 1. The lowest BCUT2D eigenvalue weighted by molar-refractivity contribution is 0.628. The Hall–Kier alpha value is -2.73. The predicted molar refractivity (Wildman–Crippen MR) is 92.9 cm³/mol. The van der Waals surface area contributed by atoms with Crippen molar-refractivity contribution in [2.75, 3.05) is 5.32 Å². The van der Waals surface area contributed by atoms with Gasteiger partial charge in [0, 0.05) is 22.3 Å². The highest BCUT2D eigenvalue weighted by atomic mass is 32.1. The van der Waals surface area contributed by atoms with Crippen LogP contribution in [0.1, 0.15) is 5.69 Å². The maximum absolute atomic E-state index is 14.3. The van der Waals surface area contributed by atoms with E-state index in [2.05, 4.69) is 10.3 Å².